The Bertz CT molecular complexity index is 2020. The van der Waals surface area contributed by atoms with E-state index in [0.29, 0.717) is 43.4 Å². The number of ether oxygens (including phenoxy) is 2. The van der Waals surface area contributed by atoms with Crippen molar-refractivity contribution < 1.29 is 31.1 Å². The number of anilines is 1. The van der Waals surface area contributed by atoms with Gasteiger partial charge in [0.2, 0.25) is 20.0 Å². The number of rotatable bonds is 4. The summed E-state index contributed by atoms with van der Waals surface area (Å²) in [5.41, 5.74) is 2.61. The molecule has 7 rings (SSSR count). The normalized spacial score (nSPS) is 31.6. The van der Waals surface area contributed by atoms with E-state index in [9.17, 15) is 21.6 Å². The van der Waals surface area contributed by atoms with Crippen LogP contribution in [-0.2, 0) is 37.8 Å². The Labute approximate surface area is 338 Å². The number of methoxy groups -OCH3 is 1. The summed E-state index contributed by atoms with van der Waals surface area (Å²) in [6.07, 6.45) is 10.8. The van der Waals surface area contributed by atoms with Crippen molar-refractivity contribution >= 4 is 43.2 Å². The number of piperazine rings is 2. The van der Waals surface area contributed by atoms with Crippen LogP contribution in [0.25, 0.3) is 0 Å². The highest BCUT2D eigenvalue weighted by atomic mass is 35.5. The monoisotopic (exact) mass is 831 g/mol. The maximum atomic E-state index is 13.7. The fourth-order valence-corrected chi connectivity index (χ4v) is 11.8. The van der Waals surface area contributed by atoms with Crippen LogP contribution in [0.1, 0.15) is 67.4 Å². The lowest BCUT2D eigenvalue weighted by Crippen LogP contribution is -2.65. The average molecular weight is 833 g/mol. The molecule has 1 aliphatic carbocycles. The van der Waals surface area contributed by atoms with E-state index in [-0.39, 0.29) is 29.4 Å². The number of benzene rings is 2. The molecule has 6 atom stereocenters. The highest BCUT2D eigenvalue weighted by Gasteiger charge is 2.49. The third-order valence-electron chi connectivity index (χ3n) is 13.2. The van der Waals surface area contributed by atoms with Crippen molar-refractivity contribution in [2.45, 2.75) is 75.9 Å². The van der Waals surface area contributed by atoms with Crippen LogP contribution in [0.4, 0.5) is 5.69 Å². The van der Waals surface area contributed by atoms with Crippen molar-refractivity contribution in [1.82, 2.24) is 18.8 Å². The first-order valence-corrected chi connectivity index (χ1v) is 23.9. The minimum atomic E-state index is -4.01. The van der Waals surface area contributed by atoms with E-state index in [0.717, 1.165) is 88.2 Å². The average Bonchev–Trinajstić information content (AvgIpc) is 3.18. The highest BCUT2D eigenvalue weighted by molar-refractivity contribution is 7.90. The van der Waals surface area contributed by atoms with Crippen LogP contribution < -0.4 is 14.4 Å². The third-order valence-corrected chi connectivity index (χ3v) is 16.6. The topological polar surface area (TPSA) is 129 Å². The molecule has 1 amide bonds. The molecule has 2 saturated heterocycles. The molecule has 15 heteroatoms. The van der Waals surface area contributed by atoms with E-state index < -0.39 is 36.8 Å². The predicted molar refractivity (Wildman–Crippen MR) is 220 cm³/mol. The number of amides is 1. The van der Waals surface area contributed by atoms with Crippen LogP contribution >= 0.6 is 11.6 Å². The number of allylic oxidation sites excluding steroid dienone is 1. The molecule has 1 N–H and O–H groups in total. The van der Waals surface area contributed by atoms with Crippen LogP contribution in [0, 0.1) is 17.8 Å². The summed E-state index contributed by atoms with van der Waals surface area (Å²) in [4.78, 5) is 20.8. The van der Waals surface area contributed by atoms with Crippen molar-refractivity contribution in [2.75, 3.05) is 77.2 Å². The number of sulfonamides is 2. The molecule has 56 heavy (non-hydrogen) atoms. The summed E-state index contributed by atoms with van der Waals surface area (Å²) in [6, 6.07) is 11.2. The van der Waals surface area contributed by atoms with E-state index in [1.54, 1.807) is 36.5 Å². The maximum Gasteiger partial charge on any atom is 0.264 e. The van der Waals surface area contributed by atoms with Crippen LogP contribution in [0.15, 0.2) is 48.6 Å². The largest absolute Gasteiger partial charge is 0.487 e. The van der Waals surface area contributed by atoms with Crippen molar-refractivity contribution in [1.29, 1.82) is 0 Å². The first-order chi connectivity index (χ1) is 26.7. The number of hydrogen-bond donors (Lipinski definition) is 1. The fourth-order valence-electron chi connectivity index (χ4n) is 9.42. The van der Waals surface area contributed by atoms with Gasteiger partial charge in [0, 0.05) is 82.6 Å². The number of carbonyl (C=O) groups excluding carboxylic acids is 1. The van der Waals surface area contributed by atoms with Gasteiger partial charge < -0.3 is 14.4 Å². The van der Waals surface area contributed by atoms with Gasteiger partial charge >= 0.3 is 0 Å². The fraction of sp³-hybridized carbons (Fsp3) is 0.634. The quantitative estimate of drug-likeness (QED) is 0.431. The Kier molecular flexibility index (Phi) is 12.5. The summed E-state index contributed by atoms with van der Waals surface area (Å²) in [6.45, 7) is 10.2. The van der Waals surface area contributed by atoms with Gasteiger partial charge in [-0.15, -0.1) is 0 Å². The minimum Gasteiger partial charge on any atom is -0.487 e. The van der Waals surface area contributed by atoms with Gasteiger partial charge in [0.05, 0.1) is 17.2 Å². The number of fused-ring (bicyclic) bond motifs is 4. The maximum absolute atomic E-state index is 13.7. The standard InChI is InChI=1S/C41H58ClN5O7S2/c1-29-8-7-16-41(53-3,28-44-18-19-45-20-21-47(55(4,49)50)26-36(45)25-44)37-14-11-33(37)24-46-17-6-5-9-31-22-35(42)13-10-34(31)27-54-39-15-12-32(23-38(39)46)40(48)43-56(51,52)30(29)2/h7,10,12-13,15-16,22-23,29-30,33,36-37H,5-6,8-9,11,14,17-21,24-28H2,1-4H3,(H,43,48)/b16-7+/t29?,30-,33+,36-,37-,41+/m1/s1. The molecule has 2 aromatic rings. The van der Waals surface area contributed by atoms with Gasteiger partial charge in [0.1, 0.15) is 18.0 Å². The van der Waals surface area contributed by atoms with Gasteiger partial charge in [0.25, 0.3) is 5.91 Å². The smallest absolute Gasteiger partial charge is 0.264 e. The summed E-state index contributed by atoms with van der Waals surface area (Å²) >= 11 is 6.41. The molecule has 0 aromatic heterocycles. The Morgan fingerprint density at radius 3 is 2.54 bits per heavy atom. The first kappa shape index (κ1) is 41.4. The molecule has 2 aromatic carbocycles. The lowest BCUT2D eigenvalue weighted by molar-refractivity contribution is -0.101. The number of nitrogens with zero attached hydrogens (tertiary/aromatic N) is 4. The molecule has 1 unspecified atom stereocenters. The summed E-state index contributed by atoms with van der Waals surface area (Å²) < 4.78 is 69.5. The Hall–Kier alpha value is -2.72. The van der Waals surface area contributed by atoms with Crippen molar-refractivity contribution in [3.63, 3.8) is 0 Å². The third kappa shape index (κ3) is 8.96. The predicted octanol–water partition coefficient (Wildman–Crippen LogP) is 4.78. The van der Waals surface area contributed by atoms with Crippen molar-refractivity contribution in [3.8, 4) is 5.75 Å². The summed E-state index contributed by atoms with van der Waals surface area (Å²) in [5.74, 6) is 0.148. The van der Waals surface area contributed by atoms with Crippen molar-refractivity contribution in [3.05, 3.63) is 70.3 Å². The molecule has 12 nitrogen and oxygen atoms in total. The molecule has 0 spiro atoms. The lowest BCUT2D eigenvalue weighted by atomic mass is 9.63. The minimum absolute atomic E-state index is 0.0979. The van der Waals surface area contributed by atoms with Crippen LogP contribution in [0.5, 0.6) is 5.75 Å². The van der Waals surface area contributed by atoms with Gasteiger partial charge in [-0.2, -0.15) is 4.31 Å². The second-order valence-electron chi connectivity index (χ2n) is 16.7. The zero-order valence-electron chi connectivity index (χ0n) is 33.2. The molecule has 308 valence electrons. The number of carbonyl (C=O) groups is 1. The SMILES string of the molecule is CO[C@]1(CN2CCN3CCN(S(C)(=O)=O)C[C@H]3C2)/C=C/CC(C)[C@@H](C)S(=O)(=O)NC(=O)c2ccc3c(c2)N(CCCCc2cc(Cl)ccc2CO3)C[C@@H]2CC[C@H]21. The highest BCUT2D eigenvalue weighted by Crippen LogP contribution is 2.47. The number of hydrogen-bond acceptors (Lipinski definition) is 10. The van der Waals surface area contributed by atoms with Gasteiger partial charge in [-0.3, -0.25) is 14.6 Å². The molecule has 4 heterocycles. The van der Waals surface area contributed by atoms with E-state index in [2.05, 4.69) is 31.6 Å². The van der Waals surface area contributed by atoms with Crippen molar-refractivity contribution in [2.24, 2.45) is 17.8 Å². The lowest BCUT2D eigenvalue weighted by Gasteiger charge is -2.53. The number of nitrogens with one attached hydrogen (secondary N) is 1. The van der Waals surface area contributed by atoms with E-state index in [1.165, 1.54) is 6.26 Å². The van der Waals surface area contributed by atoms with Crippen LogP contribution in [0.2, 0.25) is 5.02 Å². The Morgan fingerprint density at radius 2 is 1.79 bits per heavy atom. The second kappa shape index (κ2) is 16.9. The van der Waals surface area contributed by atoms with E-state index >= 15 is 0 Å². The summed E-state index contributed by atoms with van der Waals surface area (Å²) in [7, 11) is -5.50. The molecular formula is C41H58ClN5O7S2. The van der Waals surface area contributed by atoms with Gasteiger partial charge in [-0.05, 0) is 105 Å². The molecule has 2 bridgehead atoms. The Morgan fingerprint density at radius 1 is 0.982 bits per heavy atom. The first-order valence-electron chi connectivity index (χ1n) is 20.1. The van der Waals surface area contributed by atoms with E-state index in [4.69, 9.17) is 21.1 Å². The van der Waals surface area contributed by atoms with Gasteiger partial charge in [0.15, 0.2) is 0 Å². The van der Waals surface area contributed by atoms with Gasteiger partial charge in [-0.25, -0.2) is 21.6 Å². The molecule has 3 fully saturated rings. The van der Waals surface area contributed by atoms with Crippen LogP contribution in [-0.4, -0.2) is 126 Å². The van der Waals surface area contributed by atoms with E-state index in [1.807, 2.05) is 25.1 Å². The number of aryl methyl sites for hydroxylation is 1. The zero-order valence-corrected chi connectivity index (χ0v) is 35.5. The zero-order chi connectivity index (χ0) is 39.8. The number of halogens is 1. The van der Waals surface area contributed by atoms with Crippen LogP contribution in [0.3, 0.4) is 0 Å². The Balaban J connectivity index is 1.23. The molecule has 5 aliphatic rings. The van der Waals surface area contributed by atoms with Gasteiger partial charge in [-0.1, -0.05) is 36.7 Å². The molecule has 0 radical (unpaired) electrons. The second-order valence-corrected chi connectivity index (χ2v) is 21.2. The molecule has 1 saturated carbocycles. The summed E-state index contributed by atoms with van der Waals surface area (Å²) in [5, 5.41) is -0.134. The molecular weight excluding hydrogens is 774 g/mol. The molecule has 4 aliphatic heterocycles.